The summed E-state index contributed by atoms with van der Waals surface area (Å²) < 4.78 is 10.3. The summed E-state index contributed by atoms with van der Waals surface area (Å²) in [6, 6.07) is 10.9. The maximum atomic E-state index is 11.9. The van der Waals surface area contributed by atoms with Gasteiger partial charge in [-0.05, 0) is 36.8 Å². The molecule has 2 rings (SSSR count). The molecule has 2 aromatic rings. The summed E-state index contributed by atoms with van der Waals surface area (Å²) in [7, 11) is 1.60. The molecule has 2 N–H and O–H groups in total. The Morgan fingerprint density at radius 3 is 2.64 bits per heavy atom. The van der Waals surface area contributed by atoms with E-state index in [0.29, 0.717) is 12.2 Å². The number of hydrogen-bond donors (Lipinski definition) is 2. The number of benzene rings is 1. The van der Waals surface area contributed by atoms with E-state index >= 15 is 0 Å². The molecule has 1 aromatic heterocycles. The normalized spacial score (nSPS) is 13.4. The van der Waals surface area contributed by atoms with Gasteiger partial charge >= 0.3 is 0 Å². The van der Waals surface area contributed by atoms with Gasteiger partial charge in [-0.2, -0.15) is 0 Å². The summed E-state index contributed by atoms with van der Waals surface area (Å²) in [5, 5.41) is 13.0. The van der Waals surface area contributed by atoms with Crippen LogP contribution in [-0.2, 0) is 17.6 Å². The van der Waals surface area contributed by atoms with Gasteiger partial charge in [0.1, 0.15) is 11.5 Å². The highest BCUT2D eigenvalue weighted by molar-refractivity contribution is 5.78. The van der Waals surface area contributed by atoms with E-state index in [1.54, 1.807) is 32.4 Å². The quantitative estimate of drug-likeness (QED) is 0.820. The molecule has 0 bridgehead atoms. The standard InChI is InChI=1S/C17H21NO4/c1-17(20,11-15-4-3-9-22-15)12-18-16(19)10-13-5-7-14(21-2)8-6-13/h3-9,20H,10-12H2,1-2H3,(H,18,19). The second-order valence-electron chi connectivity index (χ2n) is 5.55. The Hall–Kier alpha value is -2.27. The van der Waals surface area contributed by atoms with E-state index in [1.807, 2.05) is 24.3 Å². The molecule has 0 aliphatic rings. The number of furan rings is 1. The van der Waals surface area contributed by atoms with Crippen LogP contribution < -0.4 is 10.1 Å². The summed E-state index contributed by atoms with van der Waals surface area (Å²) in [5.74, 6) is 1.31. The molecule has 118 valence electrons. The Morgan fingerprint density at radius 1 is 1.32 bits per heavy atom. The fourth-order valence-electron chi connectivity index (χ4n) is 2.13. The second-order valence-corrected chi connectivity index (χ2v) is 5.55. The molecule has 1 atom stereocenters. The van der Waals surface area contributed by atoms with Crippen LogP contribution in [-0.4, -0.2) is 30.3 Å². The lowest BCUT2D eigenvalue weighted by Crippen LogP contribution is -2.42. The van der Waals surface area contributed by atoms with Gasteiger partial charge in [0.15, 0.2) is 0 Å². The number of amides is 1. The van der Waals surface area contributed by atoms with E-state index in [0.717, 1.165) is 11.3 Å². The Morgan fingerprint density at radius 2 is 2.05 bits per heavy atom. The third-order valence-corrected chi connectivity index (χ3v) is 3.33. The third-order valence-electron chi connectivity index (χ3n) is 3.33. The van der Waals surface area contributed by atoms with Crippen molar-refractivity contribution >= 4 is 5.91 Å². The largest absolute Gasteiger partial charge is 0.497 e. The maximum absolute atomic E-state index is 11.9. The fourth-order valence-corrected chi connectivity index (χ4v) is 2.13. The van der Waals surface area contributed by atoms with Gasteiger partial charge in [-0.15, -0.1) is 0 Å². The molecule has 22 heavy (non-hydrogen) atoms. The molecule has 0 aliphatic heterocycles. The van der Waals surface area contributed by atoms with Crippen LogP contribution in [0.3, 0.4) is 0 Å². The summed E-state index contributed by atoms with van der Waals surface area (Å²) in [5.41, 5.74) is -0.156. The van der Waals surface area contributed by atoms with Crippen molar-refractivity contribution in [1.29, 1.82) is 0 Å². The number of rotatable bonds is 7. The predicted molar refractivity (Wildman–Crippen MR) is 82.7 cm³/mol. The number of methoxy groups -OCH3 is 1. The van der Waals surface area contributed by atoms with Crippen LogP contribution in [0.2, 0.25) is 0 Å². The van der Waals surface area contributed by atoms with Crippen molar-refractivity contribution in [2.24, 2.45) is 0 Å². The Balaban J connectivity index is 1.81. The number of carbonyl (C=O) groups excluding carboxylic acids is 1. The van der Waals surface area contributed by atoms with Crippen molar-refractivity contribution in [3.63, 3.8) is 0 Å². The zero-order valence-electron chi connectivity index (χ0n) is 12.8. The number of aliphatic hydroxyl groups is 1. The van der Waals surface area contributed by atoms with Crippen LogP contribution in [0.1, 0.15) is 18.2 Å². The van der Waals surface area contributed by atoms with Crippen molar-refractivity contribution < 1.29 is 19.1 Å². The van der Waals surface area contributed by atoms with Gasteiger partial charge in [0.2, 0.25) is 5.91 Å². The highest BCUT2D eigenvalue weighted by atomic mass is 16.5. The Kier molecular flexibility index (Phi) is 5.22. The molecule has 1 amide bonds. The van der Waals surface area contributed by atoms with E-state index in [-0.39, 0.29) is 18.9 Å². The highest BCUT2D eigenvalue weighted by Gasteiger charge is 2.23. The molecule has 1 heterocycles. The summed E-state index contributed by atoms with van der Waals surface area (Å²) in [4.78, 5) is 11.9. The fraction of sp³-hybridized carbons (Fsp3) is 0.353. The van der Waals surface area contributed by atoms with Crippen molar-refractivity contribution in [3.8, 4) is 5.75 Å². The molecule has 5 heteroatoms. The first kappa shape index (κ1) is 16.1. The average Bonchev–Trinajstić information content (AvgIpc) is 2.98. The van der Waals surface area contributed by atoms with Gasteiger partial charge in [0.25, 0.3) is 0 Å². The van der Waals surface area contributed by atoms with Crippen molar-refractivity contribution in [3.05, 3.63) is 54.0 Å². The maximum Gasteiger partial charge on any atom is 0.224 e. The minimum atomic E-state index is -1.05. The molecule has 0 spiro atoms. The monoisotopic (exact) mass is 303 g/mol. The van der Waals surface area contributed by atoms with Crippen LogP contribution in [0.25, 0.3) is 0 Å². The van der Waals surface area contributed by atoms with E-state index in [9.17, 15) is 9.90 Å². The molecular formula is C17H21NO4. The van der Waals surface area contributed by atoms with Gasteiger partial charge in [-0.25, -0.2) is 0 Å². The molecule has 5 nitrogen and oxygen atoms in total. The second kappa shape index (κ2) is 7.13. The minimum Gasteiger partial charge on any atom is -0.497 e. The summed E-state index contributed by atoms with van der Waals surface area (Å²) in [6.45, 7) is 1.84. The van der Waals surface area contributed by atoms with Crippen LogP contribution >= 0.6 is 0 Å². The first-order chi connectivity index (χ1) is 10.5. The Bertz CT molecular complexity index is 588. The highest BCUT2D eigenvalue weighted by Crippen LogP contribution is 2.14. The lowest BCUT2D eigenvalue weighted by atomic mass is 10.0. The predicted octanol–water partition coefficient (Wildman–Crippen LogP) is 1.94. The summed E-state index contributed by atoms with van der Waals surface area (Å²) >= 11 is 0. The van der Waals surface area contributed by atoms with Crippen LogP contribution in [0.4, 0.5) is 0 Å². The smallest absolute Gasteiger partial charge is 0.224 e. The van der Waals surface area contributed by atoms with Gasteiger partial charge in [-0.3, -0.25) is 4.79 Å². The summed E-state index contributed by atoms with van der Waals surface area (Å²) in [6.07, 6.45) is 2.18. The van der Waals surface area contributed by atoms with E-state index < -0.39 is 5.60 Å². The van der Waals surface area contributed by atoms with E-state index in [2.05, 4.69) is 5.32 Å². The van der Waals surface area contributed by atoms with Crippen molar-refractivity contribution in [2.45, 2.75) is 25.4 Å². The zero-order valence-corrected chi connectivity index (χ0v) is 12.8. The lowest BCUT2D eigenvalue weighted by molar-refractivity contribution is -0.121. The van der Waals surface area contributed by atoms with Gasteiger partial charge in [0.05, 0.1) is 25.4 Å². The molecule has 0 aliphatic carbocycles. The molecule has 0 saturated carbocycles. The van der Waals surface area contributed by atoms with Gasteiger partial charge in [-0.1, -0.05) is 12.1 Å². The topological polar surface area (TPSA) is 71.7 Å². The third kappa shape index (κ3) is 4.93. The van der Waals surface area contributed by atoms with Crippen molar-refractivity contribution in [1.82, 2.24) is 5.32 Å². The molecule has 1 unspecified atom stereocenters. The molecule has 1 aromatic carbocycles. The first-order valence-corrected chi connectivity index (χ1v) is 7.13. The van der Waals surface area contributed by atoms with Crippen molar-refractivity contribution in [2.75, 3.05) is 13.7 Å². The number of nitrogens with one attached hydrogen (secondary N) is 1. The van der Waals surface area contributed by atoms with E-state index in [4.69, 9.17) is 9.15 Å². The van der Waals surface area contributed by atoms with Gasteiger partial charge < -0.3 is 19.6 Å². The zero-order chi connectivity index (χ0) is 16.0. The number of hydrogen-bond acceptors (Lipinski definition) is 4. The van der Waals surface area contributed by atoms with Crippen LogP contribution in [0.5, 0.6) is 5.75 Å². The number of carbonyl (C=O) groups is 1. The van der Waals surface area contributed by atoms with Crippen LogP contribution in [0.15, 0.2) is 47.1 Å². The molecule has 0 fully saturated rings. The lowest BCUT2D eigenvalue weighted by Gasteiger charge is -2.22. The Labute approximate surface area is 129 Å². The first-order valence-electron chi connectivity index (χ1n) is 7.13. The van der Waals surface area contributed by atoms with Gasteiger partial charge in [0, 0.05) is 13.0 Å². The van der Waals surface area contributed by atoms with E-state index in [1.165, 1.54) is 0 Å². The van der Waals surface area contributed by atoms with Crippen LogP contribution in [0, 0.1) is 0 Å². The molecule has 0 saturated heterocycles. The number of ether oxygens (including phenoxy) is 1. The molecular weight excluding hydrogens is 282 g/mol. The average molecular weight is 303 g/mol. The minimum absolute atomic E-state index is 0.134. The SMILES string of the molecule is COc1ccc(CC(=O)NCC(C)(O)Cc2ccco2)cc1. The molecule has 0 radical (unpaired) electrons.